The molecule has 1 amide bonds. The lowest BCUT2D eigenvalue weighted by Crippen LogP contribution is -2.20. The number of aryl methyl sites for hydroxylation is 1. The van der Waals surface area contributed by atoms with Crippen LogP contribution in [0.3, 0.4) is 0 Å². The van der Waals surface area contributed by atoms with E-state index < -0.39 is 5.97 Å². The number of nitrogens with one attached hydrogen (secondary N) is 1. The van der Waals surface area contributed by atoms with Crippen molar-refractivity contribution in [2.75, 3.05) is 19.0 Å². The smallest absolute Gasteiger partial charge is 0.328 e. The summed E-state index contributed by atoms with van der Waals surface area (Å²) in [5.74, 6) is -0.592. The Morgan fingerprint density at radius 3 is 2.62 bits per heavy atom. The van der Waals surface area contributed by atoms with E-state index in [0.717, 1.165) is 17.3 Å². The summed E-state index contributed by atoms with van der Waals surface area (Å²) in [4.78, 5) is 22.8. The highest BCUT2D eigenvalue weighted by Gasteiger charge is 2.12. The van der Waals surface area contributed by atoms with E-state index >= 15 is 0 Å². The van der Waals surface area contributed by atoms with Gasteiger partial charge in [-0.25, -0.2) is 4.79 Å². The molecule has 136 valence electrons. The van der Waals surface area contributed by atoms with Crippen LogP contribution in [0, 0.1) is 6.92 Å². The molecule has 0 heterocycles. The number of carboxylic acids is 1. The van der Waals surface area contributed by atoms with Gasteiger partial charge in [0.1, 0.15) is 0 Å². The van der Waals surface area contributed by atoms with Crippen LogP contribution in [-0.4, -0.2) is 30.7 Å². The average Bonchev–Trinajstić information content (AvgIpc) is 2.60. The monoisotopic (exact) mass is 419 g/mol. The molecular formula is C19H18BrNO5. The van der Waals surface area contributed by atoms with Crippen LogP contribution >= 0.6 is 15.9 Å². The molecular weight excluding hydrogens is 402 g/mol. The van der Waals surface area contributed by atoms with E-state index in [1.807, 2.05) is 31.2 Å². The summed E-state index contributed by atoms with van der Waals surface area (Å²) in [5.41, 5.74) is 2.29. The van der Waals surface area contributed by atoms with Crippen LogP contribution in [0.1, 0.15) is 11.1 Å². The van der Waals surface area contributed by atoms with Gasteiger partial charge in [-0.3, -0.25) is 4.79 Å². The van der Waals surface area contributed by atoms with E-state index in [4.69, 9.17) is 14.6 Å². The highest BCUT2D eigenvalue weighted by Crippen LogP contribution is 2.34. The Balaban J connectivity index is 2.09. The van der Waals surface area contributed by atoms with Crippen molar-refractivity contribution >= 4 is 39.6 Å². The minimum atomic E-state index is -1.05. The van der Waals surface area contributed by atoms with Crippen LogP contribution in [0.2, 0.25) is 0 Å². The number of ether oxygens (including phenoxy) is 2. The lowest BCUT2D eigenvalue weighted by Gasteiger charge is -2.13. The minimum absolute atomic E-state index is 0.193. The van der Waals surface area contributed by atoms with Crippen molar-refractivity contribution in [1.29, 1.82) is 0 Å². The number of aliphatic carboxylic acids is 1. The van der Waals surface area contributed by atoms with Crippen molar-refractivity contribution in [3.63, 3.8) is 0 Å². The fourth-order valence-corrected chi connectivity index (χ4v) is 2.61. The second-order valence-electron chi connectivity index (χ2n) is 5.35. The summed E-state index contributed by atoms with van der Waals surface area (Å²) < 4.78 is 11.4. The zero-order chi connectivity index (χ0) is 19.1. The van der Waals surface area contributed by atoms with Crippen molar-refractivity contribution < 1.29 is 24.2 Å². The van der Waals surface area contributed by atoms with E-state index in [9.17, 15) is 9.59 Å². The van der Waals surface area contributed by atoms with Gasteiger partial charge in [0.15, 0.2) is 18.1 Å². The third-order valence-corrected chi connectivity index (χ3v) is 4.15. The summed E-state index contributed by atoms with van der Waals surface area (Å²) in [7, 11) is 1.47. The first-order valence-corrected chi connectivity index (χ1v) is 8.47. The standard InChI is InChI=1S/C19H18BrNO5/c1-12-5-3-4-6-15(12)21-18(22)11-26-17-10-14(20)13(7-8-19(23)24)9-16(17)25-2/h3-10H,11H2,1-2H3,(H,21,22)(H,23,24). The Morgan fingerprint density at radius 1 is 1.23 bits per heavy atom. The van der Waals surface area contributed by atoms with Gasteiger partial charge in [-0.15, -0.1) is 0 Å². The Kier molecular flexibility index (Phi) is 6.80. The predicted molar refractivity (Wildman–Crippen MR) is 103 cm³/mol. The number of carboxylic acid groups (broad SMARTS) is 1. The lowest BCUT2D eigenvalue weighted by molar-refractivity contribution is -0.131. The van der Waals surface area contributed by atoms with Crippen LogP contribution in [0.25, 0.3) is 6.08 Å². The maximum Gasteiger partial charge on any atom is 0.328 e. The topological polar surface area (TPSA) is 84.9 Å². The fourth-order valence-electron chi connectivity index (χ4n) is 2.15. The molecule has 0 saturated carbocycles. The molecule has 0 spiro atoms. The number of benzene rings is 2. The zero-order valence-corrected chi connectivity index (χ0v) is 15.9. The van der Waals surface area contributed by atoms with Gasteiger partial charge in [-0.1, -0.05) is 34.1 Å². The number of hydrogen-bond donors (Lipinski definition) is 2. The SMILES string of the molecule is COc1cc(C=CC(=O)O)c(Br)cc1OCC(=O)Nc1ccccc1C. The molecule has 6 nitrogen and oxygen atoms in total. The van der Waals surface area contributed by atoms with E-state index in [2.05, 4.69) is 21.2 Å². The summed E-state index contributed by atoms with van der Waals surface area (Å²) in [6, 6.07) is 10.7. The Morgan fingerprint density at radius 2 is 1.96 bits per heavy atom. The van der Waals surface area contributed by atoms with Crippen molar-refractivity contribution in [3.05, 3.63) is 58.1 Å². The van der Waals surface area contributed by atoms with Crippen LogP contribution in [0.5, 0.6) is 11.5 Å². The molecule has 0 aliphatic heterocycles. The minimum Gasteiger partial charge on any atom is -0.493 e. The first-order chi connectivity index (χ1) is 12.4. The molecule has 0 aliphatic carbocycles. The van der Waals surface area contributed by atoms with Crippen LogP contribution in [-0.2, 0) is 9.59 Å². The summed E-state index contributed by atoms with van der Waals surface area (Å²) in [6.45, 7) is 1.71. The van der Waals surface area contributed by atoms with Crippen molar-refractivity contribution in [2.24, 2.45) is 0 Å². The fraction of sp³-hybridized carbons (Fsp3) is 0.158. The molecule has 0 aromatic heterocycles. The Labute approximate surface area is 159 Å². The van der Waals surface area contributed by atoms with Gasteiger partial charge in [-0.2, -0.15) is 0 Å². The number of rotatable bonds is 7. The summed E-state index contributed by atoms with van der Waals surface area (Å²) in [6.07, 6.45) is 2.46. The predicted octanol–water partition coefficient (Wildman–Crippen LogP) is 3.88. The molecule has 0 radical (unpaired) electrons. The van der Waals surface area contributed by atoms with Crippen molar-refractivity contribution in [3.8, 4) is 11.5 Å². The highest BCUT2D eigenvalue weighted by atomic mass is 79.9. The number of hydrogen-bond acceptors (Lipinski definition) is 4. The molecule has 7 heteroatoms. The third kappa shape index (κ3) is 5.35. The summed E-state index contributed by atoms with van der Waals surface area (Å²) in [5, 5.41) is 11.5. The largest absolute Gasteiger partial charge is 0.493 e. The second kappa shape index (κ2) is 9.05. The Bertz CT molecular complexity index is 848. The van der Waals surface area contributed by atoms with E-state index in [1.165, 1.54) is 13.2 Å². The maximum absolute atomic E-state index is 12.1. The van der Waals surface area contributed by atoms with Gasteiger partial charge in [0.25, 0.3) is 5.91 Å². The molecule has 2 aromatic carbocycles. The van der Waals surface area contributed by atoms with Gasteiger partial charge < -0.3 is 19.9 Å². The molecule has 0 aliphatic rings. The number of amides is 1. The van der Waals surface area contributed by atoms with Crippen LogP contribution in [0.15, 0.2) is 46.9 Å². The lowest BCUT2D eigenvalue weighted by atomic mass is 10.2. The van der Waals surface area contributed by atoms with E-state index in [1.54, 1.807) is 12.1 Å². The quantitative estimate of drug-likeness (QED) is 0.665. The molecule has 0 bridgehead atoms. The average molecular weight is 420 g/mol. The van der Waals surface area contributed by atoms with Gasteiger partial charge in [0.05, 0.1) is 7.11 Å². The van der Waals surface area contributed by atoms with Crippen molar-refractivity contribution in [2.45, 2.75) is 6.92 Å². The second-order valence-corrected chi connectivity index (χ2v) is 6.20. The molecule has 2 aromatic rings. The van der Waals surface area contributed by atoms with Gasteiger partial charge in [-0.05, 0) is 42.3 Å². The first kappa shape index (κ1) is 19.5. The van der Waals surface area contributed by atoms with Gasteiger partial charge in [0, 0.05) is 16.2 Å². The van der Waals surface area contributed by atoms with Crippen molar-refractivity contribution in [1.82, 2.24) is 0 Å². The summed E-state index contributed by atoms with van der Waals surface area (Å²) >= 11 is 3.35. The molecule has 0 saturated heterocycles. The number of halogens is 1. The molecule has 0 fully saturated rings. The number of para-hydroxylation sites is 1. The molecule has 26 heavy (non-hydrogen) atoms. The number of methoxy groups -OCH3 is 1. The van der Waals surface area contributed by atoms with E-state index in [-0.39, 0.29) is 12.5 Å². The van der Waals surface area contributed by atoms with Crippen LogP contribution in [0.4, 0.5) is 5.69 Å². The Hall–Kier alpha value is -2.80. The zero-order valence-electron chi connectivity index (χ0n) is 14.3. The molecule has 0 unspecified atom stereocenters. The highest BCUT2D eigenvalue weighted by molar-refractivity contribution is 9.10. The number of carbonyl (C=O) groups excluding carboxylic acids is 1. The normalized spacial score (nSPS) is 10.6. The van der Waals surface area contributed by atoms with Gasteiger partial charge in [0.2, 0.25) is 0 Å². The molecule has 2 N–H and O–H groups in total. The maximum atomic E-state index is 12.1. The first-order valence-electron chi connectivity index (χ1n) is 7.67. The van der Waals surface area contributed by atoms with Gasteiger partial charge >= 0.3 is 5.97 Å². The number of anilines is 1. The third-order valence-electron chi connectivity index (χ3n) is 3.47. The molecule has 2 rings (SSSR count). The number of carbonyl (C=O) groups is 2. The molecule has 0 atom stereocenters. The van der Waals surface area contributed by atoms with Crippen LogP contribution < -0.4 is 14.8 Å². The van der Waals surface area contributed by atoms with E-state index in [0.29, 0.717) is 21.5 Å².